The van der Waals surface area contributed by atoms with E-state index in [0.29, 0.717) is 6.42 Å². The second-order valence-corrected chi connectivity index (χ2v) is 3.40. The van der Waals surface area contributed by atoms with Crippen LogP contribution < -0.4 is 0 Å². The first-order chi connectivity index (χ1) is 6.79. The van der Waals surface area contributed by atoms with Crippen molar-refractivity contribution < 1.29 is 4.79 Å². The monoisotopic (exact) mass is 188 g/mol. The number of hydrogen-bond donors (Lipinski definition) is 0. The maximum absolute atomic E-state index is 10.6. The fourth-order valence-electron chi connectivity index (χ4n) is 1.24. The van der Waals surface area contributed by atoms with Crippen molar-refractivity contribution in [3.63, 3.8) is 0 Å². The molecule has 0 N–H and O–H groups in total. The number of carbonyl (C=O) groups is 1. The number of allylic oxidation sites excluding steroid dienone is 2. The van der Waals surface area contributed by atoms with E-state index in [1.807, 2.05) is 18.2 Å². The molecule has 0 amide bonds. The van der Waals surface area contributed by atoms with Crippen molar-refractivity contribution in [1.29, 1.82) is 0 Å². The number of rotatable bonds is 5. The Balaban J connectivity index is 2.24. The van der Waals surface area contributed by atoms with Crippen molar-refractivity contribution in [1.82, 2.24) is 0 Å². The van der Waals surface area contributed by atoms with E-state index < -0.39 is 0 Å². The van der Waals surface area contributed by atoms with E-state index in [1.165, 1.54) is 5.56 Å². The molecule has 74 valence electrons. The van der Waals surface area contributed by atoms with Crippen LogP contribution in [0.2, 0.25) is 0 Å². The maximum Gasteiger partial charge on any atom is 0.130 e. The summed E-state index contributed by atoms with van der Waals surface area (Å²) < 4.78 is 0. The molecule has 0 unspecified atom stereocenters. The zero-order valence-electron chi connectivity index (χ0n) is 8.57. The summed E-state index contributed by atoms with van der Waals surface area (Å²) in [5.41, 5.74) is 1.31. The van der Waals surface area contributed by atoms with Gasteiger partial charge in [-0.2, -0.15) is 0 Å². The zero-order chi connectivity index (χ0) is 10.2. The minimum Gasteiger partial charge on any atom is -0.300 e. The topological polar surface area (TPSA) is 17.1 Å². The van der Waals surface area contributed by atoms with Gasteiger partial charge in [0, 0.05) is 6.42 Å². The molecule has 0 atom stereocenters. The molecule has 1 heteroatoms. The summed E-state index contributed by atoms with van der Waals surface area (Å²) in [6.45, 7) is 1.63. The number of benzene rings is 1. The Hall–Kier alpha value is -1.37. The molecule has 1 nitrogen and oxygen atoms in total. The van der Waals surface area contributed by atoms with Gasteiger partial charge >= 0.3 is 0 Å². The van der Waals surface area contributed by atoms with Gasteiger partial charge in [-0.05, 0) is 25.3 Å². The summed E-state index contributed by atoms with van der Waals surface area (Å²) in [6.07, 6.45) is 6.68. The summed E-state index contributed by atoms with van der Waals surface area (Å²) in [7, 11) is 0. The second kappa shape index (κ2) is 6.14. The SMILES string of the molecule is CC(=O)CCC=CCc1ccccc1. The third-order valence-electron chi connectivity index (χ3n) is 2.03. The quantitative estimate of drug-likeness (QED) is 0.649. The number of hydrogen-bond acceptors (Lipinski definition) is 1. The molecule has 0 aliphatic carbocycles. The third kappa shape index (κ3) is 4.61. The smallest absolute Gasteiger partial charge is 0.130 e. The van der Waals surface area contributed by atoms with Crippen LogP contribution in [0.1, 0.15) is 25.3 Å². The summed E-state index contributed by atoms with van der Waals surface area (Å²) in [5.74, 6) is 0.259. The molecule has 0 fully saturated rings. The largest absolute Gasteiger partial charge is 0.300 e. The average molecular weight is 188 g/mol. The third-order valence-corrected chi connectivity index (χ3v) is 2.03. The van der Waals surface area contributed by atoms with Gasteiger partial charge in [0.2, 0.25) is 0 Å². The summed E-state index contributed by atoms with van der Waals surface area (Å²) in [5, 5.41) is 0. The van der Waals surface area contributed by atoms with Crippen LogP contribution in [0.4, 0.5) is 0 Å². The van der Waals surface area contributed by atoms with Crippen LogP contribution in [-0.4, -0.2) is 5.78 Å². The molecule has 0 aliphatic rings. The number of carbonyl (C=O) groups excluding carboxylic acids is 1. The lowest BCUT2D eigenvalue weighted by Gasteiger charge is -1.94. The van der Waals surface area contributed by atoms with E-state index in [9.17, 15) is 4.79 Å². The van der Waals surface area contributed by atoms with Crippen LogP contribution in [-0.2, 0) is 11.2 Å². The van der Waals surface area contributed by atoms with Crippen molar-refractivity contribution in [3.05, 3.63) is 48.0 Å². The first-order valence-electron chi connectivity index (χ1n) is 4.97. The molecule has 0 spiro atoms. The number of Topliss-reactive ketones (excluding diaryl/α,β-unsaturated/α-hetero) is 1. The lowest BCUT2D eigenvalue weighted by molar-refractivity contribution is -0.116. The van der Waals surface area contributed by atoms with Crippen molar-refractivity contribution in [2.45, 2.75) is 26.2 Å². The van der Waals surface area contributed by atoms with Gasteiger partial charge in [0.1, 0.15) is 5.78 Å². The first kappa shape index (κ1) is 10.7. The van der Waals surface area contributed by atoms with Gasteiger partial charge in [-0.3, -0.25) is 0 Å². The fraction of sp³-hybridized carbons (Fsp3) is 0.308. The molecule has 0 saturated carbocycles. The molecule has 0 saturated heterocycles. The van der Waals surface area contributed by atoms with Crippen LogP contribution in [0.15, 0.2) is 42.5 Å². The van der Waals surface area contributed by atoms with Gasteiger partial charge in [-0.25, -0.2) is 0 Å². The fourth-order valence-corrected chi connectivity index (χ4v) is 1.24. The normalized spacial score (nSPS) is 10.6. The summed E-state index contributed by atoms with van der Waals surface area (Å²) >= 11 is 0. The molecular formula is C13H16O. The molecule has 1 aromatic rings. The van der Waals surface area contributed by atoms with E-state index in [-0.39, 0.29) is 5.78 Å². The van der Waals surface area contributed by atoms with Crippen molar-refractivity contribution in [2.75, 3.05) is 0 Å². The highest BCUT2D eigenvalue weighted by atomic mass is 16.1. The van der Waals surface area contributed by atoms with E-state index in [1.54, 1.807) is 6.92 Å². The zero-order valence-corrected chi connectivity index (χ0v) is 8.57. The molecular weight excluding hydrogens is 172 g/mol. The van der Waals surface area contributed by atoms with Gasteiger partial charge in [-0.15, -0.1) is 0 Å². The van der Waals surface area contributed by atoms with Gasteiger partial charge in [0.05, 0.1) is 0 Å². The van der Waals surface area contributed by atoms with Crippen molar-refractivity contribution in [2.24, 2.45) is 0 Å². The summed E-state index contributed by atoms with van der Waals surface area (Å²) in [6, 6.07) is 10.3. The Labute approximate surface area is 85.5 Å². The molecule has 0 bridgehead atoms. The van der Waals surface area contributed by atoms with Crippen molar-refractivity contribution in [3.8, 4) is 0 Å². The average Bonchev–Trinajstić information content (AvgIpc) is 2.18. The van der Waals surface area contributed by atoms with Crippen LogP contribution in [0.3, 0.4) is 0 Å². The Morgan fingerprint density at radius 1 is 1.21 bits per heavy atom. The highest BCUT2D eigenvalue weighted by Crippen LogP contribution is 2.01. The van der Waals surface area contributed by atoms with Crippen molar-refractivity contribution >= 4 is 5.78 Å². The Bertz CT molecular complexity index is 298. The van der Waals surface area contributed by atoms with Gasteiger partial charge in [0.15, 0.2) is 0 Å². The molecule has 14 heavy (non-hydrogen) atoms. The van der Waals surface area contributed by atoms with E-state index in [2.05, 4.69) is 24.3 Å². The Morgan fingerprint density at radius 2 is 1.93 bits per heavy atom. The van der Waals surface area contributed by atoms with Gasteiger partial charge in [-0.1, -0.05) is 42.5 Å². The predicted octanol–water partition coefficient (Wildman–Crippen LogP) is 3.15. The highest BCUT2D eigenvalue weighted by molar-refractivity contribution is 5.75. The van der Waals surface area contributed by atoms with E-state index >= 15 is 0 Å². The minimum atomic E-state index is 0.259. The lowest BCUT2D eigenvalue weighted by Crippen LogP contribution is -1.86. The van der Waals surface area contributed by atoms with Gasteiger partial charge < -0.3 is 4.79 Å². The summed E-state index contributed by atoms with van der Waals surface area (Å²) in [4.78, 5) is 10.6. The maximum atomic E-state index is 10.6. The van der Waals surface area contributed by atoms with Crippen LogP contribution >= 0.6 is 0 Å². The first-order valence-corrected chi connectivity index (χ1v) is 4.97. The Kier molecular flexibility index (Phi) is 4.70. The van der Waals surface area contributed by atoms with E-state index in [4.69, 9.17) is 0 Å². The Morgan fingerprint density at radius 3 is 2.57 bits per heavy atom. The minimum absolute atomic E-state index is 0.259. The highest BCUT2D eigenvalue weighted by Gasteiger charge is 1.89. The molecule has 1 rings (SSSR count). The van der Waals surface area contributed by atoms with Crippen LogP contribution in [0, 0.1) is 0 Å². The molecule has 0 heterocycles. The lowest BCUT2D eigenvalue weighted by atomic mass is 10.1. The predicted molar refractivity (Wildman–Crippen MR) is 59.2 cm³/mol. The van der Waals surface area contributed by atoms with Crippen LogP contribution in [0.5, 0.6) is 0 Å². The van der Waals surface area contributed by atoms with Crippen LogP contribution in [0.25, 0.3) is 0 Å². The molecule has 0 radical (unpaired) electrons. The van der Waals surface area contributed by atoms with E-state index in [0.717, 1.165) is 12.8 Å². The van der Waals surface area contributed by atoms with Gasteiger partial charge in [0.25, 0.3) is 0 Å². The molecule has 0 aliphatic heterocycles. The molecule has 1 aromatic carbocycles. The molecule has 0 aromatic heterocycles. The second-order valence-electron chi connectivity index (χ2n) is 3.40. The number of ketones is 1. The standard InChI is InChI=1S/C13H16O/c1-12(14)8-4-2-5-9-13-10-6-3-7-11-13/h2-3,5-7,10-11H,4,8-9H2,1H3.